The predicted molar refractivity (Wildman–Crippen MR) is 65.2 cm³/mol. The summed E-state index contributed by atoms with van der Waals surface area (Å²) in [5, 5.41) is 20.7. The maximum absolute atomic E-state index is 10.6. The first-order chi connectivity index (χ1) is 8.17. The van der Waals surface area contributed by atoms with Crippen LogP contribution in [0.3, 0.4) is 0 Å². The van der Waals surface area contributed by atoms with Crippen molar-refractivity contribution in [2.45, 2.75) is 19.8 Å². The Labute approximate surface area is 101 Å². The van der Waals surface area contributed by atoms with Gasteiger partial charge in [0.1, 0.15) is 5.82 Å². The van der Waals surface area contributed by atoms with Crippen molar-refractivity contribution in [2.75, 3.05) is 18.5 Å². The number of aromatic carboxylic acids is 1. The van der Waals surface area contributed by atoms with Crippen molar-refractivity contribution in [1.82, 2.24) is 4.98 Å². The van der Waals surface area contributed by atoms with Crippen LogP contribution in [0.1, 0.15) is 30.1 Å². The fraction of sp³-hybridized carbons (Fsp3) is 0.500. The third kappa shape index (κ3) is 4.40. The van der Waals surface area contributed by atoms with Gasteiger partial charge in [-0.1, -0.05) is 13.3 Å². The first-order valence-electron chi connectivity index (χ1n) is 5.71. The molecule has 0 aliphatic heterocycles. The van der Waals surface area contributed by atoms with Gasteiger partial charge in [-0.05, 0) is 24.5 Å². The van der Waals surface area contributed by atoms with E-state index in [2.05, 4.69) is 17.2 Å². The molecule has 1 rings (SSSR count). The number of pyridine rings is 1. The highest BCUT2D eigenvalue weighted by molar-refractivity contribution is 5.87. The number of nitrogens with one attached hydrogen (secondary N) is 1. The van der Waals surface area contributed by atoms with Gasteiger partial charge in [0, 0.05) is 19.3 Å². The van der Waals surface area contributed by atoms with Crippen LogP contribution in [-0.2, 0) is 0 Å². The average Bonchev–Trinajstić information content (AvgIpc) is 2.35. The number of hydrogen-bond donors (Lipinski definition) is 3. The number of carboxylic acids is 1. The van der Waals surface area contributed by atoms with Gasteiger partial charge in [0.25, 0.3) is 0 Å². The fourth-order valence-electron chi connectivity index (χ4n) is 1.51. The largest absolute Gasteiger partial charge is 0.478 e. The molecule has 94 valence electrons. The van der Waals surface area contributed by atoms with Crippen LogP contribution in [0.15, 0.2) is 18.3 Å². The second-order valence-corrected chi connectivity index (χ2v) is 3.90. The molecule has 0 radical (unpaired) electrons. The smallest absolute Gasteiger partial charge is 0.337 e. The van der Waals surface area contributed by atoms with E-state index in [0.29, 0.717) is 11.7 Å². The van der Waals surface area contributed by atoms with Crippen molar-refractivity contribution in [3.63, 3.8) is 0 Å². The maximum Gasteiger partial charge on any atom is 0.337 e. The molecule has 0 aliphatic rings. The summed E-state index contributed by atoms with van der Waals surface area (Å²) < 4.78 is 0. The number of aliphatic hydroxyl groups excluding tert-OH is 1. The highest BCUT2D eigenvalue weighted by Gasteiger charge is 2.06. The summed E-state index contributed by atoms with van der Waals surface area (Å²) in [6, 6.07) is 3.17. The maximum atomic E-state index is 10.6. The van der Waals surface area contributed by atoms with Crippen LogP contribution in [0.5, 0.6) is 0 Å². The third-order valence-corrected chi connectivity index (χ3v) is 2.70. The predicted octanol–water partition coefficient (Wildman–Crippen LogP) is 1.60. The summed E-state index contributed by atoms with van der Waals surface area (Å²) in [7, 11) is 0. The van der Waals surface area contributed by atoms with E-state index >= 15 is 0 Å². The molecule has 1 aromatic heterocycles. The number of aliphatic hydroxyl groups is 1. The second kappa shape index (κ2) is 6.85. The molecule has 0 spiro atoms. The van der Waals surface area contributed by atoms with E-state index in [4.69, 9.17) is 10.2 Å². The molecule has 5 heteroatoms. The van der Waals surface area contributed by atoms with E-state index in [9.17, 15) is 4.79 Å². The lowest BCUT2D eigenvalue weighted by Gasteiger charge is -2.14. The minimum Gasteiger partial charge on any atom is -0.478 e. The van der Waals surface area contributed by atoms with Gasteiger partial charge in [-0.2, -0.15) is 0 Å². The van der Waals surface area contributed by atoms with Crippen molar-refractivity contribution < 1.29 is 15.0 Å². The van der Waals surface area contributed by atoms with E-state index < -0.39 is 5.97 Å². The van der Waals surface area contributed by atoms with Gasteiger partial charge < -0.3 is 15.5 Å². The topological polar surface area (TPSA) is 82.5 Å². The standard InChI is InChI=1S/C12H18N2O3/c1-2-9(5-6-15)7-13-11-4-3-10(8-14-11)12(16)17/h3-4,8-9,15H,2,5-7H2,1H3,(H,13,14)(H,16,17). The number of anilines is 1. The number of rotatable bonds is 7. The molecule has 1 aromatic rings. The van der Waals surface area contributed by atoms with Gasteiger partial charge in [-0.15, -0.1) is 0 Å². The summed E-state index contributed by atoms with van der Waals surface area (Å²) >= 11 is 0. The highest BCUT2D eigenvalue weighted by atomic mass is 16.4. The first kappa shape index (κ1) is 13.4. The van der Waals surface area contributed by atoms with Crippen LogP contribution in [0.4, 0.5) is 5.82 Å². The molecule has 1 heterocycles. The van der Waals surface area contributed by atoms with Crippen LogP contribution in [0.2, 0.25) is 0 Å². The summed E-state index contributed by atoms with van der Waals surface area (Å²) in [6.45, 7) is 2.99. The lowest BCUT2D eigenvalue weighted by Crippen LogP contribution is -2.15. The zero-order valence-electron chi connectivity index (χ0n) is 9.89. The Morgan fingerprint density at radius 3 is 2.76 bits per heavy atom. The number of nitrogens with zero attached hydrogens (tertiary/aromatic N) is 1. The van der Waals surface area contributed by atoms with E-state index in [1.807, 2.05) is 0 Å². The van der Waals surface area contributed by atoms with Gasteiger partial charge in [-0.25, -0.2) is 9.78 Å². The second-order valence-electron chi connectivity index (χ2n) is 3.90. The monoisotopic (exact) mass is 238 g/mol. The van der Waals surface area contributed by atoms with E-state index in [1.54, 1.807) is 6.07 Å². The zero-order valence-corrected chi connectivity index (χ0v) is 9.89. The summed E-state index contributed by atoms with van der Waals surface area (Å²) in [4.78, 5) is 14.6. The van der Waals surface area contributed by atoms with Crippen LogP contribution >= 0.6 is 0 Å². The van der Waals surface area contributed by atoms with Gasteiger partial charge in [0.2, 0.25) is 0 Å². The van der Waals surface area contributed by atoms with E-state index in [1.165, 1.54) is 12.3 Å². The molecule has 0 bridgehead atoms. The Morgan fingerprint density at radius 2 is 2.29 bits per heavy atom. The molecule has 0 amide bonds. The van der Waals surface area contributed by atoms with Crippen molar-refractivity contribution in [3.8, 4) is 0 Å². The quantitative estimate of drug-likeness (QED) is 0.672. The molecule has 1 unspecified atom stereocenters. The molecular formula is C12H18N2O3. The van der Waals surface area contributed by atoms with Gasteiger partial charge in [-0.3, -0.25) is 0 Å². The lowest BCUT2D eigenvalue weighted by atomic mass is 10.0. The number of hydrogen-bond acceptors (Lipinski definition) is 4. The zero-order chi connectivity index (χ0) is 12.7. The van der Waals surface area contributed by atoms with Crippen molar-refractivity contribution in [2.24, 2.45) is 5.92 Å². The number of aromatic nitrogens is 1. The van der Waals surface area contributed by atoms with Crippen LogP contribution in [0.25, 0.3) is 0 Å². The van der Waals surface area contributed by atoms with E-state index in [-0.39, 0.29) is 12.2 Å². The van der Waals surface area contributed by atoms with Gasteiger partial charge >= 0.3 is 5.97 Å². The molecule has 17 heavy (non-hydrogen) atoms. The van der Waals surface area contributed by atoms with Crippen LogP contribution in [0, 0.1) is 5.92 Å². The van der Waals surface area contributed by atoms with Gasteiger partial charge in [0.05, 0.1) is 5.56 Å². The molecule has 1 atom stereocenters. The Morgan fingerprint density at radius 1 is 1.53 bits per heavy atom. The molecule has 3 N–H and O–H groups in total. The Balaban J connectivity index is 2.48. The SMILES string of the molecule is CCC(CCO)CNc1ccc(C(=O)O)cn1. The van der Waals surface area contributed by atoms with E-state index in [0.717, 1.165) is 19.4 Å². The summed E-state index contributed by atoms with van der Waals surface area (Å²) in [6.07, 6.45) is 3.08. The number of carboxylic acid groups (broad SMARTS) is 1. The third-order valence-electron chi connectivity index (χ3n) is 2.70. The molecule has 0 saturated heterocycles. The fourth-order valence-corrected chi connectivity index (χ4v) is 1.51. The minimum absolute atomic E-state index is 0.179. The van der Waals surface area contributed by atoms with Crippen LogP contribution in [-0.4, -0.2) is 34.3 Å². The average molecular weight is 238 g/mol. The molecule has 5 nitrogen and oxygen atoms in total. The molecule has 0 aliphatic carbocycles. The summed E-state index contributed by atoms with van der Waals surface area (Å²) in [5.74, 6) is 0.0862. The molecule has 0 fully saturated rings. The Kier molecular flexibility index (Phi) is 5.42. The molecular weight excluding hydrogens is 220 g/mol. The first-order valence-corrected chi connectivity index (χ1v) is 5.71. The molecule has 0 aromatic carbocycles. The van der Waals surface area contributed by atoms with Crippen molar-refractivity contribution in [1.29, 1.82) is 0 Å². The van der Waals surface area contributed by atoms with Crippen molar-refractivity contribution >= 4 is 11.8 Å². The minimum atomic E-state index is -0.976. The Bertz CT molecular complexity index is 351. The van der Waals surface area contributed by atoms with Gasteiger partial charge in [0.15, 0.2) is 0 Å². The van der Waals surface area contributed by atoms with Crippen LogP contribution < -0.4 is 5.32 Å². The lowest BCUT2D eigenvalue weighted by molar-refractivity contribution is 0.0696. The molecule has 0 saturated carbocycles. The summed E-state index contributed by atoms with van der Waals surface area (Å²) in [5.41, 5.74) is 0.179. The Hall–Kier alpha value is -1.62. The highest BCUT2D eigenvalue weighted by Crippen LogP contribution is 2.10. The number of carbonyl (C=O) groups is 1. The normalized spacial score (nSPS) is 12.1. The van der Waals surface area contributed by atoms with Crippen molar-refractivity contribution in [3.05, 3.63) is 23.9 Å².